The van der Waals surface area contributed by atoms with Crippen LogP contribution in [0.15, 0.2) is 29.2 Å². The quantitative estimate of drug-likeness (QED) is 0.865. The van der Waals surface area contributed by atoms with Crippen LogP contribution < -0.4 is 10.6 Å². The van der Waals surface area contributed by atoms with Crippen molar-refractivity contribution in [3.05, 3.63) is 24.3 Å². The Morgan fingerprint density at radius 2 is 1.75 bits per heavy atom. The summed E-state index contributed by atoms with van der Waals surface area (Å²) in [5, 5.41) is 5.18. The second-order valence-corrected chi connectivity index (χ2v) is 5.72. The van der Waals surface area contributed by atoms with Gasteiger partial charge in [0, 0.05) is 12.2 Å². The molecule has 5 nitrogen and oxygen atoms in total. The van der Waals surface area contributed by atoms with E-state index in [-0.39, 0.29) is 12.5 Å². The highest BCUT2D eigenvalue weighted by atomic mass is 32.2. The Bertz CT molecular complexity index is 568. The van der Waals surface area contributed by atoms with E-state index in [1.807, 2.05) is 0 Å². The smallest absolute Gasteiger partial charge is 0.376 e. The molecule has 0 aliphatic rings. The van der Waals surface area contributed by atoms with Crippen LogP contribution in [0.4, 0.5) is 18.9 Å². The molecule has 0 fully saturated rings. The fourth-order valence-electron chi connectivity index (χ4n) is 1.33. The number of nitrogens with one attached hydrogen (secondary N) is 2. The summed E-state index contributed by atoms with van der Waals surface area (Å²) in [4.78, 5) is 10.3. The van der Waals surface area contributed by atoms with Crippen LogP contribution in [0, 0.1) is 0 Å². The van der Waals surface area contributed by atoms with E-state index in [0.717, 1.165) is 24.3 Å². The van der Waals surface area contributed by atoms with E-state index >= 15 is 0 Å². The first-order chi connectivity index (χ1) is 9.18. The number of halogens is 3. The number of rotatable bonds is 5. The maximum Gasteiger partial charge on any atom is 0.501 e. The zero-order chi connectivity index (χ0) is 15.4. The van der Waals surface area contributed by atoms with Gasteiger partial charge in [0.1, 0.15) is 0 Å². The zero-order valence-electron chi connectivity index (χ0n) is 10.5. The van der Waals surface area contributed by atoms with Gasteiger partial charge in [0.25, 0.3) is 9.84 Å². The number of sulfone groups is 1. The van der Waals surface area contributed by atoms with Gasteiger partial charge in [-0.1, -0.05) is 0 Å². The van der Waals surface area contributed by atoms with Gasteiger partial charge >= 0.3 is 5.51 Å². The number of likely N-dealkylation sites (N-methyl/N-ethyl adjacent to an activating group) is 1. The Morgan fingerprint density at radius 3 is 2.20 bits per heavy atom. The highest BCUT2D eigenvalue weighted by Crippen LogP contribution is 2.30. The van der Waals surface area contributed by atoms with Crippen LogP contribution in [0.3, 0.4) is 0 Å². The van der Waals surface area contributed by atoms with Gasteiger partial charge < -0.3 is 10.6 Å². The molecule has 112 valence electrons. The van der Waals surface area contributed by atoms with Crippen molar-refractivity contribution in [2.75, 3.05) is 18.4 Å². The number of carbonyl (C=O) groups is 1. The van der Waals surface area contributed by atoms with Crippen LogP contribution in [-0.2, 0) is 14.6 Å². The van der Waals surface area contributed by atoms with Crippen molar-refractivity contribution in [2.45, 2.75) is 17.3 Å². The number of carbonyl (C=O) groups excluding carboxylic acids is 1. The predicted molar refractivity (Wildman–Crippen MR) is 66.9 cm³/mol. The third-order valence-corrected chi connectivity index (χ3v) is 3.80. The van der Waals surface area contributed by atoms with E-state index in [0.29, 0.717) is 12.2 Å². The van der Waals surface area contributed by atoms with Crippen LogP contribution in [0.1, 0.15) is 6.92 Å². The van der Waals surface area contributed by atoms with Gasteiger partial charge in [-0.3, -0.25) is 4.79 Å². The Labute approximate surface area is 114 Å². The average Bonchev–Trinajstić information content (AvgIpc) is 2.36. The topological polar surface area (TPSA) is 75.3 Å². The molecule has 0 heterocycles. The van der Waals surface area contributed by atoms with E-state index in [4.69, 9.17) is 0 Å². The molecule has 0 aromatic heterocycles. The minimum absolute atomic E-state index is 0.0563. The molecule has 0 aliphatic heterocycles. The normalized spacial score (nSPS) is 12.0. The van der Waals surface area contributed by atoms with Crippen LogP contribution >= 0.6 is 0 Å². The van der Waals surface area contributed by atoms with Crippen molar-refractivity contribution in [3.63, 3.8) is 0 Å². The fourth-order valence-corrected chi connectivity index (χ4v) is 2.09. The average molecular weight is 310 g/mol. The first-order valence-corrected chi connectivity index (χ1v) is 7.08. The number of hydrogen-bond acceptors (Lipinski definition) is 4. The molecule has 0 unspecified atom stereocenters. The van der Waals surface area contributed by atoms with Crippen molar-refractivity contribution in [1.82, 2.24) is 5.32 Å². The van der Waals surface area contributed by atoms with Crippen molar-refractivity contribution >= 4 is 21.4 Å². The third kappa shape index (κ3) is 3.86. The van der Waals surface area contributed by atoms with Crippen LogP contribution in [0.5, 0.6) is 0 Å². The van der Waals surface area contributed by atoms with Crippen LogP contribution in [-0.4, -0.2) is 32.9 Å². The largest absolute Gasteiger partial charge is 0.501 e. The standard InChI is InChI=1S/C11H13F3N2O3S/c1-2-15-10(17)7-16-8-3-5-9(6-4-8)20(18,19)11(12,13)14/h3-6,16H,2,7H2,1H3,(H,15,17). The molecule has 9 heteroatoms. The van der Waals surface area contributed by atoms with Gasteiger partial charge in [0.15, 0.2) is 0 Å². The maximum atomic E-state index is 12.3. The summed E-state index contributed by atoms with van der Waals surface area (Å²) >= 11 is 0. The summed E-state index contributed by atoms with van der Waals surface area (Å²) in [6.45, 7) is 2.15. The van der Waals surface area contributed by atoms with E-state index in [9.17, 15) is 26.4 Å². The second-order valence-electron chi connectivity index (χ2n) is 3.78. The molecule has 0 saturated carbocycles. The Morgan fingerprint density at radius 1 is 1.20 bits per heavy atom. The lowest BCUT2D eigenvalue weighted by Gasteiger charge is -2.10. The molecule has 2 N–H and O–H groups in total. The summed E-state index contributed by atoms with van der Waals surface area (Å²) in [6.07, 6.45) is 0. The molecular weight excluding hydrogens is 297 g/mol. The van der Waals surface area contributed by atoms with Crippen LogP contribution in [0.2, 0.25) is 0 Å². The molecule has 0 aliphatic carbocycles. The molecule has 0 atom stereocenters. The Kier molecular flexibility index (Phi) is 4.98. The van der Waals surface area contributed by atoms with Crippen LogP contribution in [0.25, 0.3) is 0 Å². The van der Waals surface area contributed by atoms with Gasteiger partial charge in [0.2, 0.25) is 5.91 Å². The first kappa shape index (κ1) is 16.3. The number of benzene rings is 1. The van der Waals surface area contributed by atoms with Gasteiger partial charge in [0.05, 0.1) is 11.4 Å². The summed E-state index contributed by atoms with van der Waals surface area (Å²) < 4.78 is 59.1. The van der Waals surface area contributed by atoms with E-state index in [2.05, 4.69) is 10.6 Å². The number of alkyl halides is 3. The van der Waals surface area contributed by atoms with E-state index in [1.54, 1.807) is 6.92 Å². The lowest BCUT2D eigenvalue weighted by Crippen LogP contribution is -2.29. The first-order valence-electron chi connectivity index (χ1n) is 5.60. The molecule has 1 amide bonds. The highest BCUT2D eigenvalue weighted by Gasteiger charge is 2.46. The fraction of sp³-hybridized carbons (Fsp3) is 0.364. The monoisotopic (exact) mass is 310 g/mol. The summed E-state index contributed by atoms with van der Waals surface area (Å²) in [7, 11) is -5.34. The predicted octanol–water partition coefficient (Wildman–Crippen LogP) is 1.53. The SMILES string of the molecule is CCNC(=O)CNc1ccc(S(=O)(=O)C(F)(F)F)cc1. The van der Waals surface area contributed by atoms with Gasteiger partial charge in [-0.05, 0) is 31.2 Å². The maximum absolute atomic E-state index is 12.3. The lowest BCUT2D eigenvalue weighted by molar-refractivity contribution is -0.119. The van der Waals surface area contributed by atoms with Gasteiger partial charge in [-0.2, -0.15) is 13.2 Å². The molecule has 0 spiro atoms. The number of amides is 1. The Balaban J connectivity index is 2.78. The van der Waals surface area contributed by atoms with Crippen molar-refractivity contribution in [3.8, 4) is 0 Å². The van der Waals surface area contributed by atoms with Crippen molar-refractivity contribution in [2.24, 2.45) is 0 Å². The van der Waals surface area contributed by atoms with Crippen molar-refractivity contribution in [1.29, 1.82) is 0 Å². The summed E-state index contributed by atoms with van der Waals surface area (Å²) in [5.41, 5.74) is -4.99. The lowest BCUT2D eigenvalue weighted by atomic mass is 10.3. The second kappa shape index (κ2) is 6.12. The zero-order valence-corrected chi connectivity index (χ0v) is 11.3. The molecule has 1 aromatic carbocycles. The Hall–Kier alpha value is -1.77. The molecule has 0 saturated heterocycles. The summed E-state index contributed by atoms with van der Waals surface area (Å²) in [5.74, 6) is -0.278. The van der Waals surface area contributed by atoms with Gasteiger partial charge in [-0.25, -0.2) is 8.42 Å². The van der Waals surface area contributed by atoms with E-state index in [1.165, 1.54) is 0 Å². The van der Waals surface area contributed by atoms with Crippen molar-refractivity contribution < 1.29 is 26.4 Å². The molecular formula is C11H13F3N2O3S. The number of anilines is 1. The minimum Gasteiger partial charge on any atom is -0.376 e. The number of hydrogen-bond donors (Lipinski definition) is 2. The van der Waals surface area contributed by atoms with Gasteiger partial charge in [-0.15, -0.1) is 0 Å². The molecule has 0 radical (unpaired) electrons. The molecule has 20 heavy (non-hydrogen) atoms. The van der Waals surface area contributed by atoms with E-state index < -0.39 is 20.2 Å². The third-order valence-electron chi connectivity index (χ3n) is 2.30. The summed E-state index contributed by atoms with van der Waals surface area (Å²) in [6, 6.07) is 4.00. The minimum atomic E-state index is -5.34. The highest BCUT2D eigenvalue weighted by molar-refractivity contribution is 7.92. The molecule has 1 rings (SSSR count). The molecule has 1 aromatic rings. The molecule has 0 bridgehead atoms.